The van der Waals surface area contributed by atoms with E-state index in [4.69, 9.17) is 0 Å². The number of anilines is 1. The Bertz CT molecular complexity index is 1390. The molecule has 182 valence electrons. The van der Waals surface area contributed by atoms with Crippen molar-refractivity contribution in [2.24, 2.45) is 0 Å². The van der Waals surface area contributed by atoms with Crippen LogP contribution in [0.4, 0.5) is 23.7 Å². The summed E-state index contributed by atoms with van der Waals surface area (Å²) in [5.74, 6) is -0.593. The molecule has 35 heavy (non-hydrogen) atoms. The Balaban J connectivity index is 1.67. The fourth-order valence-corrected chi connectivity index (χ4v) is 4.61. The van der Waals surface area contributed by atoms with Crippen LogP contribution in [0.1, 0.15) is 19.4 Å². The molecule has 0 bridgehead atoms. The van der Waals surface area contributed by atoms with E-state index in [1.54, 1.807) is 32.3 Å². The largest absolute Gasteiger partial charge is 0.501 e. The summed E-state index contributed by atoms with van der Waals surface area (Å²) in [6.07, 6.45) is 3.24. The number of benzene rings is 2. The summed E-state index contributed by atoms with van der Waals surface area (Å²) < 4.78 is 61.8. The van der Waals surface area contributed by atoms with Gasteiger partial charge in [-0.3, -0.25) is 9.78 Å². The molecule has 0 unspecified atom stereocenters. The molecule has 2 heterocycles. The van der Waals surface area contributed by atoms with Crippen LogP contribution in [0.2, 0.25) is 0 Å². The average Bonchev–Trinajstić information content (AvgIpc) is 2.98. The number of pyridine rings is 1. The van der Waals surface area contributed by atoms with Gasteiger partial charge in [-0.15, -0.1) is 0 Å². The standard InChI is InChI=1S/C24H20F3N3O4S/c1-23(2)21(31)30(18-8-10-19(11-9-18)35(33,34)24(25,26)27)22(32)29(23)15-17-12-13-28-14-20(17)16-6-4-3-5-7-16/h3-14H,15H2,1-2H3. The number of hydrogen-bond acceptors (Lipinski definition) is 5. The SMILES string of the molecule is CC1(C)C(=O)N(c2ccc(S(=O)(=O)C(F)(F)F)cc2)C(=O)N1Cc1ccncc1-c1ccccc1. The number of sulfone groups is 1. The summed E-state index contributed by atoms with van der Waals surface area (Å²) in [5, 5.41) is 0. The van der Waals surface area contributed by atoms with Crippen molar-refractivity contribution in [3.05, 3.63) is 78.6 Å². The quantitative estimate of drug-likeness (QED) is 0.468. The molecule has 11 heteroatoms. The van der Waals surface area contributed by atoms with Crippen molar-refractivity contribution in [2.75, 3.05) is 4.90 Å². The number of amides is 3. The van der Waals surface area contributed by atoms with Crippen molar-refractivity contribution in [2.45, 2.75) is 36.3 Å². The van der Waals surface area contributed by atoms with E-state index in [-0.39, 0.29) is 12.2 Å². The predicted molar refractivity (Wildman–Crippen MR) is 122 cm³/mol. The van der Waals surface area contributed by atoms with E-state index in [0.29, 0.717) is 0 Å². The van der Waals surface area contributed by atoms with Gasteiger partial charge in [0, 0.05) is 24.5 Å². The number of rotatable bonds is 5. The van der Waals surface area contributed by atoms with E-state index < -0.39 is 37.7 Å². The number of carbonyl (C=O) groups excluding carboxylic acids is 2. The molecule has 0 aliphatic carbocycles. The highest BCUT2D eigenvalue weighted by Gasteiger charge is 2.52. The molecule has 0 atom stereocenters. The van der Waals surface area contributed by atoms with E-state index in [9.17, 15) is 31.2 Å². The average molecular weight is 504 g/mol. The van der Waals surface area contributed by atoms with Gasteiger partial charge in [-0.2, -0.15) is 13.2 Å². The Kier molecular flexibility index (Phi) is 5.92. The molecule has 0 radical (unpaired) electrons. The molecule has 2 aromatic carbocycles. The minimum atomic E-state index is -5.55. The number of halogens is 3. The molecule has 4 rings (SSSR count). The third-order valence-corrected chi connectivity index (χ3v) is 7.36. The van der Waals surface area contributed by atoms with E-state index in [1.807, 2.05) is 30.3 Å². The summed E-state index contributed by atoms with van der Waals surface area (Å²) in [4.78, 5) is 31.9. The van der Waals surface area contributed by atoms with Crippen LogP contribution in [0, 0.1) is 0 Å². The number of carbonyl (C=O) groups is 2. The maximum Gasteiger partial charge on any atom is 0.501 e. The summed E-state index contributed by atoms with van der Waals surface area (Å²) >= 11 is 0. The zero-order valence-corrected chi connectivity index (χ0v) is 19.5. The number of urea groups is 1. The van der Waals surface area contributed by atoms with Crippen LogP contribution >= 0.6 is 0 Å². The van der Waals surface area contributed by atoms with Gasteiger partial charge in [-0.1, -0.05) is 30.3 Å². The summed E-state index contributed by atoms with van der Waals surface area (Å²) in [5.41, 5.74) is -4.36. The second-order valence-corrected chi connectivity index (χ2v) is 10.4. The third-order valence-electron chi connectivity index (χ3n) is 5.86. The first-order valence-electron chi connectivity index (χ1n) is 10.4. The molecule has 7 nitrogen and oxygen atoms in total. The highest BCUT2D eigenvalue weighted by Crippen LogP contribution is 2.36. The van der Waals surface area contributed by atoms with Gasteiger partial charge < -0.3 is 4.90 Å². The topological polar surface area (TPSA) is 87.7 Å². The first-order valence-corrected chi connectivity index (χ1v) is 11.9. The normalized spacial score (nSPS) is 16.1. The van der Waals surface area contributed by atoms with Crippen LogP contribution in [0.25, 0.3) is 11.1 Å². The van der Waals surface area contributed by atoms with E-state index in [2.05, 4.69) is 4.98 Å². The molecule has 3 aromatic rings. The van der Waals surface area contributed by atoms with Gasteiger partial charge in [-0.25, -0.2) is 18.1 Å². The molecular weight excluding hydrogens is 483 g/mol. The lowest BCUT2D eigenvalue weighted by atomic mass is 9.99. The fourth-order valence-electron chi connectivity index (χ4n) is 3.85. The maximum atomic E-state index is 13.3. The second-order valence-electron chi connectivity index (χ2n) is 8.41. The Hall–Kier alpha value is -3.73. The Labute approximate surface area is 199 Å². The molecule has 1 aliphatic heterocycles. The van der Waals surface area contributed by atoms with Crippen LogP contribution < -0.4 is 4.90 Å². The van der Waals surface area contributed by atoms with Crippen LogP contribution in [-0.4, -0.2) is 41.3 Å². The predicted octanol–water partition coefficient (Wildman–Crippen LogP) is 4.79. The monoisotopic (exact) mass is 503 g/mol. The molecule has 1 aliphatic rings. The number of nitrogens with zero attached hydrogens (tertiary/aromatic N) is 3. The Morgan fingerprint density at radius 2 is 1.57 bits per heavy atom. The van der Waals surface area contributed by atoms with Gasteiger partial charge in [0.05, 0.1) is 10.6 Å². The van der Waals surface area contributed by atoms with Crippen LogP contribution in [0.15, 0.2) is 78.0 Å². The Morgan fingerprint density at radius 3 is 2.17 bits per heavy atom. The lowest BCUT2D eigenvalue weighted by molar-refractivity contribution is -0.123. The number of aromatic nitrogens is 1. The molecule has 0 N–H and O–H groups in total. The maximum absolute atomic E-state index is 13.3. The van der Waals surface area contributed by atoms with Crippen molar-refractivity contribution in [1.82, 2.24) is 9.88 Å². The molecule has 1 aromatic heterocycles. The van der Waals surface area contributed by atoms with Gasteiger partial charge in [0.1, 0.15) is 5.54 Å². The van der Waals surface area contributed by atoms with Crippen LogP contribution in [0.5, 0.6) is 0 Å². The van der Waals surface area contributed by atoms with Crippen molar-refractivity contribution < 1.29 is 31.2 Å². The number of hydrogen-bond donors (Lipinski definition) is 0. The molecular formula is C24H20F3N3O4S. The van der Waals surface area contributed by atoms with E-state index in [1.165, 1.54) is 4.90 Å². The smallest absolute Gasteiger partial charge is 0.305 e. The number of alkyl halides is 3. The zero-order valence-electron chi connectivity index (χ0n) is 18.7. The fraction of sp³-hybridized carbons (Fsp3) is 0.208. The highest BCUT2D eigenvalue weighted by atomic mass is 32.2. The summed E-state index contributed by atoms with van der Waals surface area (Å²) in [6.45, 7) is 3.21. The van der Waals surface area contributed by atoms with Crippen LogP contribution in [0.3, 0.4) is 0 Å². The van der Waals surface area contributed by atoms with E-state index in [0.717, 1.165) is 45.9 Å². The second kappa shape index (κ2) is 8.49. The molecule has 0 saturated carbocycles. The van der Waals surface area contributed by atoms with Gasteiger partial charge in [0.2, 0.25) is 0 Å². The van der Waals surface area contributed by atoms with Gasteiger partial charge >= 0.3 is 11.5 Å². The molecule has 1 saturated heterocycles. The van der Waals surface area contributed by atoms with E-state index >= 15 is 0 Å². The minimum absolute atomic E-state index is 0.0327. The van der Waals surface area contributed by atoms with Gasteiger partial charge in [0.15, 0.2) is 0 Å². The van der Waals surface area contributed by atoms with Gasteiger partial charge in [-0.05, 0) is 55.3 Å². The van der Waals surface area contributed by atoms with Crippen LogP contribution in [-0.2, 0) is 21.2 Å². The molecule has 1 fully saturated rings. The molecule has 0 spiro atoms. The molecule has 3 amide bonds. The van der Waals surface area contributed by atoms with Crippen molar-refractivity contribution in [3.8, 4) is 11.1 Å². The third kappa shape index (κ3) is 4.16. The lowest BCUT2D eigenvalue weighted by Crippen LogP contribution is -2.43. The Morgan fingerprint density at radius 1 is 0.943 bits per heavy atom. The highest BCUT2D eigenvalue weighted by molar-refractivity contribution is 7.92. The first kappa shape index (κ1) is 24.4. The van der Waals surface area contributed by atoms with Crippen molar-refractivity contribution in [3.63, 3.8) is 0 Å². The first-order chi connectivity index (χ1) is 16.4. The number of imide groups is 1. The van der Waals surface area contributed by atoms with Gasteiger partial charge in [0.25, 0.3) is 15.7 Å². The summed E-state index contributed by atoms with van der Waals surface area (Å²) in [6, 6.07) is 13.9. The van der Waals surface area contributed by atoms with Crippen molar-refractivity contribution >= 4 is 27.5 Å². The zero-order chi connectivity index (χ0) is 25.6. The summed E-state index contributed by atoms with van der Waals surface area (Å²) in [7, 11) is -5.55. The van der Waals surface area contributed by atoms with Crippen molar-refractivity contribution in [1.29, 1.82) is 0 Å². The minimum Gasteiger partial charge on any atom is -0.305 e. The lowest BCUT2D eigenvalue weighted by Gasteiger charge is -2.28.